The molecule has 0 saturated heterocycles. The van der Waals surface area contributed by atoms with Crippen LogP contribution in [0.1, 0.15) is 21.5 Å². The Kier molecular flexibility index (Phi) is 6.77. The highest BCUT2D eigenvalue weighted by Crippen LogP contribution is 2.25. The Balaban J connectivity index is 1.66. The fourth-order valence-corrected chi connectivity index (χ4v) is 3.79. The van der Waals surface area contributed by atoms with Gasteiger partial charge in [0.25, 0.3) is 5.91 Å². The summed E-state index contributed by atoms with van der Waals surface area (Å²) < 4.78 is 6.83. The van der Waals surface area contributed by atoms with E-state index in [4.69, 9.17) is 16.3 Å². The number of fused-ring (bicyclic) bond motifs is 1. The topological polar surface area (TPSA) is 84.1 Å². The average Bonchev–Trinajstić information content (AvgIpc) is 3.20. The molecule has 0 atom stereocenters. The monoisotopic (exact) mass is 469 g/mol. The van der Waals surface area contributed by atoms with Crippen LogP contribution in [0, 0.1) is 11.3 Å². The number of hydrogen-bond donors (Lipinski definition) is 1. The molecule has 1 amide bonds. The van der Waals surface area contributed by atoms with Crippen LogP contribution >= 0.6 is 11.6 Å². The normalized spacial score (nSPS) is 11.1. The number of carbonyl (C=O) groups is 2. The summed E-state index contributed by atoms with van der Waals surface area (Å²) in [6.45, 7) is 0.498. The molecule has 1 N–H and O–H groups in total. The molecule has 0 radical (unpaired) electrons. The summed E-state index contributed by atoms with van der Waals surface area (Å²) in [6.07, 6.45) is 3.47. The molecule has 168 valence electrons. The van der Waals surface area contributed by atoms with Crippen molar-refractivity contribution in [2.45, 2.75) is 6.54 Å². The Labute approximate surface area is 201 Å². The first kappa shape index (κ1) is 22.8. The van der Waals surface area contributed by atoms with Crippen LogP contribution in [0.5, 0.6) is 0 Å². The molecule has 34 heavy (non-hydrogen) atoms. The summed E-state index contributed by atoms with van der Waals surface area (Å²) in [5, 5.41) is 13.8. The molecule has 6 nitrogen and oxygen atoms in total. The molecular weight excluding hydrogens is 450 g/mol. The number of nitrogens with zero attached hydrogens (tertiary/aromatic N) is 2. The summed E-state index contributed by atoms with van der Waals surface area (Å²) in [6, 6.07) is 23.6. The van der Waals surface area contributed by atoms with E-state index in [1.165, 1.54) is 7.11 Å². The molecular formula is C27H20ClN3O3. The predicted molar refractivity (Wildman–Crippen MR) is 132 cm³/mol. The highest BCUT2D eigenvalue weighted by molar-refractivity contribution is 6.30. The Morgan fingerprint density at radius 2 is 1.85 bits per heavy atom. The number of nitriles is 1. The highest BCUT2D eigenvalue weighted by atomic mass is 35.5. The first-order valence-electron chi connectivity index (χ1n) is 10.4. The SMILES string of the molecule is COC(=O)c1cccc(Cn2cc(/C=C(/C#N)C(=O)Nc3ccc(Cl)cc3)c3ccccc32)c1. The lowest BCUT2D eigenvalue weighted by molar-refractivity contribution is -0.112. The van der Waals surface area contributed by atoms with E-state index in [0.29, 0.717) is 22.8 Å². The van der Waals surface area contributed by atoms with Crippen LogP contribution in [0.4, 0.5) is 5.69 Å². The molecule has 0 aliphatic rings. The van der Waals surface area contributed by atoms with Crippen molar-refractivity contribution >= 4 is 46.1 Å². The van der Waals surface area contributed by atoms with Crippen molar-refractivity contribution in [2.24, 2.45) is 0 Å². The van der Waals surface area contributed by atoms with Gasteiger partial charge in [-0.05, 0) is 54.1 Å². The van der Waals surface area contributed by atoms with Crippen molar-refractivity contribution in [1.82, 2.24) is 4.57 Å². The third-order valence-electron chi connectivity index (χ3n) is 5.29. The van der Waals surface area contributed by atoms with Crippen molar-refractivity contribution in [3.63, 3.8) is 0 Å². The quantitative estimate of drug-likeness (QED) is 0.224. The lowest BCUT2D eigenvalue weighted by Crippen LogP contribution is -2.13. The number of methoxy groups -OCH3 is 1. The van der Waals surface area contributed by atoms with Crippen molar-refractivity contribution in [3.8, 4) is 6.07 Å². The van der Waals surface area contributed by atoms with E-state index in [1.54, 1.807) is 42.5 Å². The van der Waals surface area contributed by atoms with E-state index in [2.05, 4.69) is 5.32 Å². The van der Waals surface area contributed by atoms with Gasteiger partial charge in [-0.3, -0.25) is 4.79 Å². The third-order valence-corrected chi connectivity index (χ3v) is 5.54. The van der Waals surface area contributed by atoms with Crippen molar-refractivity contribution < 1.29 is 14.3 Å². The molecule has 1 aromatic heterocycles. The maximum Gasteiger partial charge on any atom is 0.337 e. The van der Waals surface area contributed by atoms with Crippen LogP contribution in [0.3, 0.4) is 0 Å². The average molecular weight is 470 g/mol. The number of anilines is 1. The first-order valence-corrected chi connectivity index (χ1v) is 10.8. The fourth-order valence-electron chi connectivity index (χ4n) is 3.67. The Morgan fingerprint density at radius 1 is 1.09 bits per heavy atom. The van der Waals surface area contributed by atoms with Crippen LogP contribution in [-0.4, -0.2) is 23.6 Å². The molecule has 0 saturated carbocycles. The largest absolute Gasteiger partial charge is 0.465 e. The van der Waals surface area contributed by atoms with Crippen LogP contribution in [0.15, 0.2) is 84.6 Å². The second kappa shape index (κ2) is 10.1. The van der Waals surface area contributed by atoms with Gasteiger partial charge >= 0.3 is 5.97 Å². The molecule has 7 heteroatoms. The van der Waals surface area contributed by atoms with Gasteiger partial charge in [0.05, 0.1) is 12.7 Å². The fraction of sp³-hybridized carbons (Fsp3) is 0.0741. The molecule has 4 aromatic rings. The standard InChI is InChI=1S/C27H20ClN3O3/c1-34-27(33)19-6-4-5-18(13-19)16-31-17-21(24-7-2-3-8-25(24)31)14-20(15-29)26(32)30-23-11-9-22(28)10-12-23/h2-14,17H,16H2,1H3,(H,30,32)/b20-14-. The van der Waals surface area contributed by atoms with Crippen molar-refractivity contribution in [1.29, 1.82) is 5.26 Å². The van der Waals surface area contributed by atoms with Crippen LogP contribution in [-0.2, 0) is 16.1 Å². The van der Waals surface area contributed by atoms with Gasteiger partial charge in [-0.2, -0.15) is 5.26 Å². The second-order valence-electron chi connectivity index (χ2n) is 7.55. The number of halogens is 1. The minimum Gasteiger partial charge on any atom is -0.465 e. The number of hydrogen-bond acceptors (Lipinski definition) is 4. The molecule has 0 spiro atoms. The van der Waals surface area contributed by atoms with Gasteiger partial charge < -0.3 is 14.6 Å². The van der Waals surface area contributed by atoms with Crippen molar-refractivity contribution in [3.05, 3.63) is 106 Å². The maximum absolute atomic E-state index is 12.7. The Bertz CT molecular complexity index is 1450. The smallest absolute Gasteiger partial charge is 0.337 e. The molecule has 3 aromatic carbocycles. The van der Waals surface area contributed by atoms with Gasteiger partial charge in [0.2, 0.25) is 0 Å². The van der Waals surface area contributed by atoms with E-state index >= 15 is 0 Å². The number of nitrogens with one attached hydrogen (secondary N) is 1. The van der Waals surface area contributed by atoms with Gasteiger partial charge in [0, 0.05) is 39.9 Å². The summed E-state index contributed by atoms with van der Waals surface area (Å²) in [5.74, 6) is -0.902. The predicted octanol–water partition coefficient (Wildman–Crippen LogP) is 5.68. The molecule has 0 fully saturated rings. The van der Waals surface area contributed by atoms with E-state index in [-0.39, 0.29) is 5.57 Å². The number of carbonyl (C=O) groups excluding carboxylic acids is 2. The summed E-state index contributed by atoms with van der Waals surface area (Å²) in [5.41, 5.74) is 3.59. The summed E-state index contributed by atoms with van der Waals surface area (Å²) in [4.78, 5) is 24.6. The zero-order valence-electron chi connectivity index (χ0n) is 18.3. The minimum absolute atomic E-state index is 0.0226. The number of esters is 1. The molecule has 0 aliphatic carbocycles. The number of benzene rings is 3. The number of para-hydroxylation sites is 1. The minimum atomic E-state index is -0.507. The van der Waals surface area contributed by atoms with Crippen LogP contribution in [0.2, 0.25) is 5.02 Å². The number of amides is 1. The summed E-state index contributed by atoms with van der Waals surface area (Å²) >= 11 is 5.89. The van der Waals surface area contributed by atoms with E-state index in [0.717, 1.165) is 22.0 Å². The molecule has 1 heterocycles. The molecule has 4 rings (SSSR count). The lowest BCUT2D eigenvalue weighted by atomic mass is 10.1. The zero-order chi connectivity index (χ0) is 24.1. The molecule has 0 aliphatic heterocycles. The highest BCUT2D eigenvalue weighted by Gasteiger charge is 2.14. The van der Waals surface area contributed by atoms with Gasteiger partial charge in [-0.1, -0.05) is 41.9 Å². The van der Waals surface area contributed by atoms with Gasteiger partial charge in [0.1, 0.15) is 11.6 Å². The van der Waals surface area contributed by atoms with Crippen LogP contribution < -0.4 is 5.32 Å². The number of ether oxygens (including phenoxy) is 1. The van der Waals surface area contributed by atoms with Gasteiger partial charge in [-0.25, -0.2) is 4.79 Å². The number of aromatic nitrogens is 1. The lowest BCUT2D eigenvalue weighted by Gasteiger charge is -2.07. The zero-order valence-corrected chi connectivity index (χ0v) is 19.0. The Morgan fingerprint density at radius 3 is 2.59 bits per heavy atom. The van der Waals surface area contributed by atoms with Crippen molar-refractivity contribution in [2.75, 3.05) is 12.4 Å². The second-order valence-corrected chi connectivity index (χ2v) is 7.99. The molecule has 0 bridgehead atoms. The van der Waals surface area contributed by atoms with Gasteiger partial charge in [-0.15, -0.1) is 0 Å². The van der Waals surface area contributed by atoms with E-state index in [9.17, 15) is 14.9 Å². The molecule has 0 unspecified atom stereocenters. The Hall–Kier alpha value is -4.34. The third kappa shape index (κ3) is 5.01. The number of rotatable bonds is 6. The van der Waals surface area contributed by atoms with E-state index < -0.39 is 11.9 Å². The first-order chi connectivity index (χ1) is 16.5. The van der Waals surface area contributed by atoms with Crippen LogP contribution in [0.25, 0.3) is 17.0 Å². The maximum atomic E-state index is 12.7. The van der Waals surface area contributed by atoms with E-state index in [1.807, 2.05) is 53.2 Å². The van der Waals surface area contributed by atoms with Gasteiger partial charge in [0.15, 0.2) is 0 Å². The summed E-state index contributed by atoms with van der Waals surface area (Å²) in [7, 11) is 1.35.